The standard InChI is InChI=1S/C16H24N4/c1-12(2)19-9-4-3-6-14(19)10-13-11-20-15(17)7-5-8-16(20)18-13/h5,7-8,11-12,14H,3-4,6,9-10,17H2,1-2H3. The molecule has 0 aromatic carbocycles. The minimum absolute atomic E-state index is 0.613. The smallest absolute Gasteiger partial charge is 0.138 e. The Kier molecular flexibility index (Phi) is 3.66. The third-order valence-electron chi connectivity index (χ3n) is 4.35. The number of nitrogens with two attached hydrogens (primary N) is 1. The maximum absolute atomic E-state index is 5.99. The van der Waals surface area contributed by atoms with E-state index in [4.69, 9.17) is 10.7 Å². The number of nitrogen functional groups attached to an aromatic ring is 1. The average molecular weight is 272 g/mol. The number of fused-ring (bicyclic) bond motifs is 1. The summed E-state index contributed by atoms with van der Waals surface area (Å²) in [5.41, 5.74) is 8.09. The number of imidazole rings is 1. The Labute approximate surface area is 120 Å². The van der Waals surface area contributed by atoms with Crippen molar-refractivity contribution < 1.29 is 0 Å². The minimum atomic E-state index is 0.613. The molecule has 0 aliphatic carbocycles. The van der Waals surface area contributed by atoms with Crippen LogP contribution in [0.25, 0.3) is 5.65 Å². The maximum atomic E-state index is 5.99. The van der Waals surface area contributed by atoms with Crippen LogP contribution in [0.4, 0.5) is 5.82 Å². The van der Waals surface area contributed by atoms with E-state index in [0.29, 0.717) is 12.1 Å². The van der Waals surface area contributed by atoms with Gasteiger partial charge in [-0.25, -0.2) is 4.98 Å². The number of aromatic nitrogens is 2. The summed E-state index contributed by atoms with van der Waals surface area (Å²) in [4.78, 5) is 7.34. The van der Waals surface area contributed by atoms with Gasteiger partial charge in [0.05, 0.1) is 5.69 Å². The first-order chi connectivity index (χ1) is 9.65. The van der Waals surface area contributed by atoms with E-state index >= 15 is 0 Å². The van der Waals surface area contributed by atoms with Gasteiger partial charge in [0.25, 0.3) is 0 Å². The lowest BCUT2D eigenvalue weighted by Gasteiger charge is -2.38. The van der Waals surface area contributed by atoms with Gasteiger partial charge in [-0.15, -0.1) is 0 Å². The van der Waals surface area contributed by atoms with Crippen molar-refractivity contribution >= 4 is 11.5 Å². The van der Waals surface area contributed by atoms with Crippen LogP contribution in [0.2, 0.25) is 0 Å². The van der Waals surface area contributed by atoms with Gasteiger partial charge in [0.1, 0.15) is 11.5 Å². The van der Waals surface area contributed by atoms with Crippen LogP contribution in [0.5, 0.6) is 0 Å². The summed E-state index contributed by atoms with van der Waals surface area (Å²) >= 11 is 0. The summed E-state index contributed by atoms with van der Waals surface area (Å²) in [5, 5.41) is 0. The molecular weight excluding hydrogens is 248 g/mol. The van der Waals surface area contributed by atoms with E-state index in [1.807, 2.05) is 22.6 Å². The molecule has 0 saturated carbocycles. The van der Waals surface area contributed by atoms with Crippen LogP contribution in [0.15, 0.2) is 24.4 Å². The topological polar surface area (TPSA) is 46.6 Å². The summed E-state index contributed by atoms with van der Waals surface area (Å²) in [6.45, 7) is 5.80. The summed E-state index contributed by atoms with van der Waals surface area (Å²) in [7, 11) is 0. The molecule has 1 aliphatic heterocycles. The molecule has 0 amide bonds. The lowest BCUT2D eigenvalue weighted by molar-refractivity contribution is 0.111. The molecule has 108 valence electrons. The monoisotopic (exact) mass is 272 g/mol. The molecule has 2 N–H and O–H groups in total. The number of hydrogen-bond donors (Lipinski definition) is 1. The average Bonchev–Trinajstić information content (AvgIpc) is 2.83. The first-order valence-electron chi connectivity index (χ1n) is 7.63. The second kappa shape index (κ2) is 5.44. The second-order valence-corrected chi connectivity index (χ2v) is 6.10. The number of pyridine rings is 1. The molecule has 2 aromatic rings. The molecule has 1 fully saturated rings. The molecule has 2 aromatic heterocycles. The molecule has 0 bridgehead atoms. The van der Waals surface area contributed by atoms with Gasteiger partial charge in [-0.3, -0.25) is 9.30 Å². The Hall–Kier alpha value is -1.55. The Morgan fingerprint density at radius 3 is 2.95 bits per heavy atom. The largest absolute Gasteiger partial charge is 0.385 e. The summed E-state index contributed by atoms with van der Waals surface area (Å²) < 4.78 is 1.98. The number of nitrogens with zero attached hydrogens (tertiary/aromatic N) is 3. The highest BCUT2D eigenvalue weighted by Crippen LogP contribution is 2.23. The predicted octanol–water partition coefficient (Wildman–Crippen LogP) is 2.72. The summed E-state index contributed by atoms with van der Waals surface area (Å²) in [6.07, 6.45) is 7.06. The van der Waals surface area contributed by atoms with Crippen molar-refractivity contribution in [3.8, 4) is 0 Å². The van der Waals surface area contributed by atoms with Crippen molar-refractivity contribution in [2.45, 2.75) is 51.6 Å². The maximum Gasteiger partial charge on any atom is 0.138 e. The van der Waals surface area contributed by atoms with Gasteiger partial charge in [0, 0.05) is 24.7 Å². The Morgan fingerprint density at radius 2 is 2.20 bits per heavy atom. The van der Waals surface area contributed by atoms with Crippen molar-refractivity contribution in [3.05, 3.63) is 30.1 Å². The van der Waals surface area contributed by atoms with Crippen LogP contribution >= 0.6 is 0 Å². The number of hydrogen-bond acceptors (Lipinski definition) is 3. The highest BCUT2D eigenvalue weighted by atomic mass is 15.2. The lowest BCUT2D eigenvalue weighted by atomic mass is 9.97. The van der Waals surface area contributed by atoms with E-state index in [0.717, 1.165) is 23.6 Å². The third-order valence-corrected chi connectivity index (χ3v) is 4.35. The quantitative estimate of drug-likeness (QED) is 0.934. The van der Waals surface area contributed by atoms with Gasteiger partial charge in [0.2, 0.25) is 0 Å². The zero-order chi connectivity index (χ0) is 14.1. The van der Waals surface area contributed by atoms with E-state index < -0.39 is 0 Å². The molecule has 1 unspecified atom stereocenters. The predicted molar refractivity (Wildman–Crippen MR) is 82.8 cm³/mol. The SMILES string of the molecule is CC(C)N1CCCCC1Cc1cn2c(N)cccc2n1. The van der Waals surface area contributed by atoms with Crippen molar-refractivity contribution in [2.75, 3.05) is 12.3 Å². The van der Waals surface area contributed by atoms with Crippen LogP contribution in [-0.2, 0) is 6.42 Å². The fourth-order valence-electron chi connectivity index (χ4n) is 3.34. The highest BCUT2D eigenvalue weighted by Gasteiger charge is 2.25. The van der Waals surface area contributed by atoms with Gasteiger partial charge < -0.3 is 5.73 Å². The van der Waals surface area contributed by atoms with E-state index in [-0.39, 0.29) is 0 Å². The molecule has 1 aliphatic rings. The summed E-state index contributed by atoms with van der Waals surface area (Å²) in [6, 6.07) is 7.13. The van der Waals surface area contributed by atoms with E-state index in [2.05, 4.69) is 24.9 Å². The molecule has 3 heterocycles. The Balaban J connectivity index is 1.82. The third kappa shape index (κ3) is 2.52. The molecule has 4 heteroatoms. The zero-order valence-corrected chi connectivity index (χ0v) is 12.4. The van der Waals surface area contributed by atoms with Gasteiger partial charge >= 0.3 is 0 Å². The zero-order valence-electron chi connectivity index (χ0n) is 12.4. The van der Waals surface area contributed by atoms with Crippen molar-refractivity contribution in [1.82, 2.24) is 14.3 Å². The summed E-state index contributed by atoms with van der Waals surface area (Å²) in [5.74, 6) is 0.755. The normalized spacial score (nSPS) is 20.9. The molecule has 1 saturated heterocycles. The Bertz CT molecular complexity index is 587. The molecule has 0 radical (unpaired) electrons. The van der Waals surface area contributed by atoms with Crippen LogP contribution in [0.3, 0.4) is 0 Å². The Morgan fingerprint density at radius 1 is 1.35 bits per heavy atom. The molecule has 20 heavy (non-hydrogen) atoms. The van der Waals surface area contributed by atoms with Gasteiger partial charge in [-0.2, -0.15) is 0 Å². The minimum Gasteiger partial charge on any atom is -0.385 e. The number of likely N-dealkylation sites (tertiary alicyclic amines) is 1. The van der Waals surface area contributed by atoms with Gasteiger partial charge in [-0.1, -0.05) is 12.5 Å². The number of anilines is 1. The molecule has 4 nitrogen and oxygen atoms in total. The van der Waals surface area contributed by atoms with E-state index in [1.165, 1.54) is 25.8 Å². The van der Waals surface area contributed by atoms with Gasteiger partial charge in [-0.05, 0) is 45.4 Å². The van der Waals surface area contributed by atoms with Crippen LogP contribution in [0.1, 0.15) is 38.8 Å². The number of rotatable bonds is 3. The van der Waals surface area contributed by atoms with Crippen molar-refractivity contribution in [2.24, 2.45) is 0 Å². The van der Waals surface area contributed by atoms with E-state index in [1.54, 1.807) is 0 Å². The first kappa shape index (κ1) is 13.4. The van der Waals surface area contributed by atoms with Crippen LogP contribution in [0, 0.1) is 0 Å². The first-order valence-corrected chi connectivity index (χ1v) is 7.63. The van der Waals surface area contributed by atoms with Gasteiger partial charge in [0.15, 0.2) is 0 Å². The van der Waals surface area contributed by atoms with Crippen molar-refractivity contribution in [3.63, 3.8) is 0 Å². The molecule has 1 atom stereocenters. The highest BCUT2D eigenvalue weighted by molar-refractivity contribution is 5.48. The number of piperidine rings is 1. The molecule has 0 spiro atoms. The second-order valence-electron chi connectivity index (χ2n) is 6.10. The van der Waals surface area contributed by atoms with Crippen LogP contribution in [-0.4, -0.2) is 32.9 Å². The fourth-order valence-corrected chi connectivity index (χ4v) is 3.34. The molecule has 3 rings (SSSR count). The fraction of sp³-hybridized carbons (Fsp3) is 0.562. The van der Waals surface area contributed by atoms with Crippen molar-refractivity contribution in [1.29, 1.82) is 0 Å². The molecular formula is C16H24N4. The van der Waals surface area contributed by atoms with Crippen LogP contribution < -0.4 is 5.73 Å². The lowest BCUT2D eigenvalue weighted by Crippen LogP contribution is -2.45. The van der Waals surface area contributed by atoms with E-state index in [9.17, 15) is 0 Å².